The van der Waals surface area contributed by atoms with Gasteiger partial charge in [-0.3, -0.25) is 0 Å². The number of fused-ring (bicyclic) bond motifs is 1. The second-order valence-corrected chi connectivity index (χ2v) is 7.23. The predicted molar refractivity (Wildman–Crippen MR) is 96.8 cm³/mol. The van der Waals surface area contributed by atoms with E-state index in [1.54, 1.807) is 18.3 Å². The molecule has 0 spiro atoms. The Hall–Kier alpha value is -1.93. The van der Waals surface area contributed by atoms with Gasteiger partial charge in [0, 0.05) is 24.2 Å². The van der Waals surface area contributed by atoms with E-state index in [9.17, 15) is 4.39 Å². The van der Waals surface area contributed by atoms with Gasteiger partial charge in [-0.1, -0.05) is 0 Å². The quantitative estimate of drug-likeness (QED) is 0.807. The number of rotatable bonds is 3. The van der Waals surface area contributed by atoms with Crippen molar-refractivity contribution >= 4 is 28.2 Å². The van der Waals surface area contributed by atoms with Crippen molar-refractivity contribution in [2.45, 2.75) is 25.1 Å². The minimum absolute atomic E-state index is 0.137. The van der Waals surface area contributed by atoms with Crippen LogP contribution in [-0.2, 0) is 4.74 Å². The number of aromatic nitrogens is 2. The van der Waals surface area contributed by atoms with E-state index in [1.807, 2.05) is 6.08 Å². The third kappa shape index (κ3) is 2.81. The first-order valence-corrected chi connectivity index (χ1v) is 9.24. The van der Waals surface area contributed by atoms with Crippen molar-refractivity contribution in [2.75, 3.05) is 19.7 Å². The van der Waals surface area contributed by atoms with E-state index >= 15 is 0 Å². The van der Waals surface area contributed by atoms with Crippen LogP contribution in [0.15, 0.2) is 35.6 Å². The molecule has 26 heavy (non-hydrogen) atoms. The van der Waals surface area contributed by atoms with Crippen molar-refractivity contribution in [3.8, 4) is 0 Å². The fourth-order valence-corrected chi connectivity index (χ4v) is 3.81. The molecular formula is C18H19ClFN5O. The summed E-state index contributed by atoms with van der Waals surface area (Å²) in [6.07, 6.45) is 5.70. The molecule has 136 valence electrons. The number of hydrogen-bond acceptors (Lipinski definition) is 3. The smallest absolute Gasteiger partial charge is 0.205 e. The molecule has 0 bridgehead atoms. The Kier molecular flexibility index (Phi) is 3.97. The largest absolute Gasteiger partial charge is 0.487 e. The topological polar surface area (TPSA) is 57.6 Å². The van der Waals surface area contributed by atoms with E-state index in [1.165, 1.54) is 6.07 Å². The number of benzene rings is 1. The fraction of sp³-hybridized carbons (Fsp3) is 0.389. The molecule has 6 nitrogen and oxygen atoms in total. The van der Waals surface area contributed by atoms with Crippen LogP contribution < -0.4 is 10.3 Å². The number of imidazole rings is 1. The van der Waals surface area contributed by atoms with E-state index in [0.29, 0.717) is 24.3 Å². The first kappa shape index (κ1) is 16.3. The van der Waals surface area contributed by atoms with Gasteiger partial charge >= 0.3 is 0 Å². The molecule has 2 aliphatic heterocycles. The Labute approximate surface area is 155 Å². The normalized spacial score (nSPS) is 26.4. The maximum absolute atomic E-state index is 13.7. The molecule has 1 saturated heterocycles. The zero-order chi connectivity index (χ0) is 17.7. The van der Waals surface area contributed by atoms with Gasteiger partial charge in [-0.25, -0.2) is 9.37 Å². The lowest BCUT2D eigenvalue weighted by Crippen LogP contribution is -3.11. The lowest BCUT2D eigenvalue weighted by molar-refractivity contribution is -0.867. The van der Waals surface area contributed by atoms with Crippen molar-refractivity contribution < 1.29 is 14.1 Å². The molecular weight excluding hydrogens is 357 g/mol. The Morgan fingerprint density at radius 1 is 1.38 bits per heavy atom. The van der Waals surface area contributed by atoms with E-state index < -0.39 is 0 Å². The Bertz CT molecular complexity index is 914. The van der Waals surface area contributed by atoms with Gasteiger partial charge < -0.3 is 25.1 Å². The van der Waals surface area contributed by atoms with Gasteiger partial charge in [0.05, 0.1) is 24.2 Å². The lowest BCUT2D eigenvalue weighted by Gasteiger charge is -2.39. The number of halogens is 2. The van der Waals surface area contributed by atoms with Crippen LogP contribution in [0.1, 0.15) is 24.7 Å². The highest BCUT2D eigenvalue weighted by atomic mass is 35.5. The van der Waals surface area contributed by atoms with Gasteiger partial charge in [0.15, 0.2) is 5.16 Å². The van der Waals surface area contributed by atoms with Crippen molar-refractivity contribution in [3.63, 3.8) is 0 Å². The molecule has 3 heterocycles. The molecule has 2 atom stereocenters. The zero-order valence-electron chi connectivity index (χ0n) is 14.1. The number of quaternary nitrogens is 1. The number of nitrogens with one attached hydrogen (secondary N) is 2. The minimum Gasteiger partial charge on any atom is -0.487 e. The molecule has 2 N–H and O–H groups in total. The number of ether oxygens (including phenoxy) is 1. The summed E-state index contributed by atoms with van der Waals surface area (Å²) in [5.74, 6) is 0.538. The summed E-state index contributed by atoms with van der Waals surface area (Å²) in [7, 11) is 0. The molecule has 5 rings (SSSR count). The molecule has 2 aromatic rings. The first-order chi connectivity index (χ1) is 12.7. The summed E-state index contributed by atoms with van der Waals surface area (Å²) in [4.78, 5) is 4.72. The van der Waals surface area contributed by atoms with Crippen LogP contribution in [0, 0.1) is 5.82 Å². The van der Waals surface area contributed by atoms with Crippen LogP contribution in [-0.4, -0.2) is 35.5 Å². The Balaban J connectivity index is 1.51. The van der Waals surface area contributed by atoms with Gasteiger partial charge in [-0.05, 0) is 42.6 Å². The minimum atomic E-state index is -0.251. The molecule has 1 saturated carbocycles. The first-order valence-electron chi connectivity index (χ1n) is 8.86. The predicted octanol–water partition coefficient (Wildman–Crippen LogP) is 2.06. The Morgan fingerprint density at radius 2 is 2.27 bits per heavy atom. The van der Waals surface area contributed by atoms with Gasteiger partial charge in [-0.2, -0.15) is 0 Å². The summed E-state index contributed by atoms with van der Waals surface area (Å²) >= 11 is 6.52. The van der Waals surface area contributed by atoms with E-state index in [2.05, 4.69) is 15.3 Å². The van der Waals surface area contributed by atoms with E-state index in [4.69, 9.17) is 21.3 Å². The standard InChI is InChI=1S/C18H19ClFN5O/c19-16-7-11(9-22-25(16)17-10-21-5-6-26-17)18-23-14-4-1-12(20)8-15(14)24(18)13-2-3-13/h1,4,7-9,13,17,21,25H,2-3,5-6,10H2. The van der Waals surface area contributed by atoms with E-state index in [-0.39, 0.29) is 12.0 Å². The van der Waals surface area contributed by atoms with Gasteiger partial charge in [0.1, 0.15) is 11.6 Å². The highest BCUT2D eigenvalue weighted by Crippen LogP contribution is 2.40. The van der Waals surface area contributed by atoms with Gasteiger partial charge in [0.25, 0.3) is 0 Å². The summed E-state index contributed by atoms with van der Waals surface area (Å²) in [6.45, 7) is 2.19. The summed E-state index contributed by atoms with van der Waals surface area (Å²) in [5, 5.41) is 4.59. The highest BCUT2D eigenvalue weighted by Gasteiger charge is 2.31. The molecule has 0 radical (unpaired) electrons. The summed E-state index contributed by atoms with van der Waals surface area (Å²) in [5.41, 5.74) is 7.01. The third-order valence-electron chi connectivity index (χ3n) is 4.92. The van der Waals surface area contributed by atoms with Crippen molar-refractivity contribution in [1.29, 1.82) is 0 Å². The second-order valence-electron chi connectivity index (χ2n) is 6.82. The van der Waals surface area contributed by atoms with Crippen LogP contribution in [0.4, 0.5) is 4.39 Å². The average Bonchev–Trinajstić information content (AvgIpc) is 3.42. The maximum Gasteiger partial charge on any atom is 0.205 e. The van der Waals surface area contributed by atoms with Crippen molar-refractivity contribution in [1.82, 2.24) is 14.9 Å². The molecule has 8 heteroatoms. The molecule has 3 aliphatic rings. The molecule has 2 fully saturated rings. The number of hydrogen-bond donors (Lipinski definition) is 2. The van der Waals surface area contributed by atoms with Crippen LogP contribution in [0.2, 0.25) is 0 Å². The maximum atomic E-state index is 13.7. The monoisotopic (exact) mass is 375 g/mol. The van der Waals surface area contributed by atoms with Gasteiger partial charge in [0.2, 0.25) is 6.23 Å². The second kappa shape index (κ2) is 6.35. The number of nitrogens with zero attached hydrogens (tertiary/aromatic N) is 3. The molecule has 1 aromatic carbocycles. The third-order valence-corrected chi connectivity index (χ3v) is 5.23. The highest BCUT2D eigenvalue weighted by molar-refractivity contribution is 6.28. The Morgan fingerprint density at radius 3 is 3.00 bits per heavy atom. The summed E-state index contributed by atoms with van der Waals surface area (Å²) < 4.78 is 21.6. The zero-order valence-corrected chi connectivity index (χ0v) is 14.8. The molecule has 2 unspecified atom stereocenters. The van der Waals surface area contributed by atoms with Crippen LogP contribution in [0.5, 0.6) is 0 Å². The fourth-order valence-electron chi connectivity index (χ4n) is 3.52. The van der Waals surface area contributed by atoms with Crippen LogP contribution >= 0.6 is 11.6 Å². The molecule has 1 aromatic heterocycles. The SMILES string of the molecule is Fc1ccc2nc(C3=C[N-][NH+](C4CNCCO4)C(Cl)=C3)n(C3CC3)c2c1. The summed E-state index contributed by atoms with van der Waals surface area (Å²) in [6, 6.07) is 5.08. The van der Waals surface area contributed by atoms with Gasteiger partial charge in [-0.15, -0.1) is 6.20 Å². The van der Waals surface area contributed by atoms with E-state index in [0.717, 1.165) is 46.8 Å². The lowest BCUT2D eigenvalue weighted by atomic mass is 10.2. The van der Waals surface area contributed by atoms with Crippen LogP contribution in [0.25, 0.3) is 22.0 Å². The van der Waals surface area contributed by atoms with Crippen LogP contribution in [0.3, 0.4) is 0 Å². The molecule has 0 amide bonds. The van der Waals surface area contributed by atoms with Crippen molar-refractivity contribution in [2.24, 2.45) is 0 Å². The number of allylic oxidation sites excluding steroid dienone is 2. The average molecular weight is 376 g/mol. The molecule has 1 aliphatic carbocycles. The number of morpholine rings is 1. The van der Waals surface area contributed by atoms with Crippen molar-refractivity contribution in [3.05, 3.63) is 52.7 Å².